The van der Waals surface area contributed by atoms with Crippen molar-refractivity contribution < 1.29 is 28.1 Å². The van der Waals surface area contributed by atoms with E-state index in [2.05, 4.69) is 4.72 Å². The average molecular weight is 291 g/mol. The van der Waals surface area contributed by atoms with E-state index in [1.807, 2.05) is 0 Å². The van der Waals surface area contributed by atoms with Gasteiger partial charge in [-0.15, -0.1) is 0 Å². The monoisotopic (exact) mass is 291 g/mol. The Morgan fingerprint density at radius 3 is 2.53 bits per heavy atom. The second-order valence-electron chi connectivity index (χ2n) is 3.71. The van der Waals surface area contributed by atoms with Crippen LogP contribution in [0.1, 0.15) is 0 Å². The van der Waals surface area contributed by atoms with Crippen molar-refractivity contribution in [3.63, 3.8) is 0 Å². The molecule has 0 spiro atoms. The molecule has 0 fully saturated rings. The molecule has 1 atom stereocenters. The molecule has 0 heterocycles. The number of hydrogen-bond acceptors (Lipinski definition) is 6. The Bertz CT molecular complexity index is 516. The Hall–Kier alpha value is -1.35. The van der Waals surface area contributed by atoms with Gasteiger partial charge in [0, 0.05) is 12.6 Å². The quantitative estimate of drug-likeness (QED) is 0.615. The maximum Gasteiger partial charge on any atom is 0.244 e. The van der Waals surface area contributed by atoms with Crippen LogP contribution < -0.4 is 14.2 Å². The zero-order valence-electron chi connectivity index (χ0n) is 10.7. The third-order valence-corrected chi connectivity index (χ3v) is 3.82. The molecule has 0 aliphatic carbocycles. The molecule has 0 aromatic heterocycles. The molecule has 0 aliphatic rings. The summed E-state index contributed by atoms with van der Waals surface area (Å²) in [5, 5.41) is 17.8. The van der Waals surface area contributed by atoms with E-state index < -0.39 is 22.7 Å². The fraction of sp³-hybridized carbons (Fsp3) is 0.455. The maximum absolute atomic E-state index is 12.1. The Labute approximate surface area is 111 Å². The Morgan fingerprint density at radius 2 is 2.00 bits per heavy atom. The van der Waals surface area contributed by atoms with Gasteiger partial charge in [0.15, 0.2) is 0 Å². The summed E-state index contributed by atoms with van der Waals surface area (Å²) in [5.41, 5.74) is 0. The van der Waals surface area contributed by atoms with Crippen molar-refractivity contribution in [3.8, 4) is 11.5 Å². The van der Waals surface area contributed by atoms with Crippen LogP contribution in [0.25, 0.3) is 0 Å². The third-order valence-electron chi connectivity index (χ3n) is 2.38. The van der Waals surface area contributed by atoms with Crippen molar-refractivity contribution in [2.75, 3.05) is 27.4 Å². The molecule has 7 nitrogen and oxygen atoms in total. The van der Waals surface area contributed by atoms with Crippen LogP contribution in [-0.4, -0.2) is 52.1 Å². The van der Waals surface area contributed by atoms with Gasteiger partial charge in [-0.25, -0.2) is 13.1 Å². The van der Waals surface area contributed by atoms with Gasteiger partial charge in [0.1, 0.15) is 16.4 Å². The zero-order valence-corrected chi connectivity index (χ0v) is 11.5. The molecule has 0 saturated heterocycles. The van der Waals surface area contributed by atoms with Gasteiger partial charge >= 0.3 is 0 Å². The number of methoxy groups -OCH3 is 2. The summed E-state index contributed by atoms with van der Waals surface area (Å²) in [7, 11) is -1.10. The van der Waals surface area contributed by atoms with Gasteiger partial charge in [0.25, 0.3) is 0 Å². The highest BCUT2D eigenvalue weighted by atomic mass is 32.2. The van der Waals surface area contributed by atoms with Crippen LogP contribution >= 0.6 is 0 Å². The minimum atomic E-state index is -3.87. The molecule has 3 N–H and O–H groups in total. The van der Waals surface area contributed by atoms with E-state index in [0.717, 1.165) is 0 Å². The lowest BCUT2D eigenvalue weighted by atomic mass is 10.3. The number of aliphatic hydroxyl groups excluding tert-OH is 2. The van der Waals surface area contributed by atoms with Crippen LogP contribution in [0, 0.1) is 0 Å². The molecule has 108 valence electrons. The maximum atomic E-state index is 12.1. The lowest BCUT2D eigenvalue weighted by molar-refractivity contribution is 0.0988. The van der Waals surface area contributed by atoms with Crippen molar-refractivity contribution in [1.82, 2.24) is 4.72 Å². The van der Waals surface area contributed by atoms with E-state index >= 15 is 0 Å². The van der Waals surface area contributed by atoms with E-state index in [1.54, 1.807) is 6.07 Å². The molecule has 1 unspecified atom stereocenters. The smallest absolute Gasteiger partial charge is 0.244 e. The van der Waals surface area contributed by atoms with Crippen molar-refractivity contribution in [2.24, 2.45) is 0 Å². The Balaban J connectivity index is 3.05. The Kier molecular flexibility index (Phi) is 5.55. The second kappa shape index (κ2) is 6.71. The number of ether oxygens (including phenoxy) is 2. The molecule has 1 rings (SSSR count). The summed E-state index contributed by atoms with van der Waals surface area (Å²) in [5.74, 6) is 0.524. The standard InChI is InChI=1S/C11H17NO6S/c1-17-9-3-4-10(18-2)11(5-9)19(15,16)12-6-8(14)7-13/h3-5,8,12-14H,6-7H2,1-2H3. The van der Waals surface area contributed by atoms with Crippen molar-refractivity contribution in [1.29, 1.82) is 0 Å². The van der Waals surface area contributed by atoms with E-state index in [-0.39, 0.29) is 17.2 Å². The summed E-state index contributed by atoms with van der Waals surface area (Å²) >= 11 is 0. The van der Waals surface area contributed by atoms with Crippen molar-refractivity contribution in [3.05, 3.63) is 18.2 Å². The normalized spacial score (nSPS) is 13.1. The summed E-state index contributed by atoms with van der Waals surface area (Å²) in [4.78, 5) is -0.0977. The number of benzene rings is 1. The minimum Gasteiger partial charge on any atom is -0.497 e. The minimum absolute atomic E-state index is 0.0977. The van der Waals surface area contributed by atoms with Gasteiger partial charge in [-0.1, -0.05) is 0 Å². The second-order valence-corrected chi connectivity index (χ2v) is 5.44. The number of sulfonamides is 1. The molecule has 0 amide bonds. The first-order valence-electron chi connectivity index (χ1n) is 5.45. The van der Waals surface area contributed by atoms with E-state index in [9.17, 15) is 8.42 Å². The first-order valence-corrected chi connectivity index (χ1v) is 6.93. The van der Waals surface area contributed by atoms with E-state index in [4.69, 9.17) is 19.7 Å². The van der Waals surface area contributed by atoms with Crippen LogP contribution in [0.5, 0.6) is 11.5 Å². The van der Waals surface area contributed by atoms with E-state index in [0.29, 0.717) is 5.75 Å². The van der Waals surface area contributed by atoms with Gasteiger partial charge in [0.05, 0.1) is 26.9 Å². The molecule has 1 aromatic rings. The summed E-state index contributed by atoms with van der Waals surface area (Å²) in [6, 6.07) is 4.35. The average Bonchev–Trinajstić information content (AvgIpc) is 2.43. The van der Waals surface area contributed by atoms with Gasteiger partial charge in [-0.3, -0.25) is 0 Å². The number of aliphatic hydroxyl groups is 2. The molecule has 8 heteroatoms. The molecule has 0 saturated carbocycles. The van der Waals surface area contributed by atoms with Crippen LogP contribution in [0.15, 0.2) is 23.1 Å². The SMILES string of the molecule is COc1ccc(OC)c(S(=O)(=O)NCC(O)CO)c1. The van der Waals surface area contributed by atoms with E-state index in [1.165, 1.54) is 26.4 Å². The van der Waals surface area contributed by atoms with Gasteiger partial charge in [0.2, 0.25) is 10.0 Å². The fourth-order valence-corrected chi connectivity index (χ4v) is 2.60. The lowest BCUT2D eigenvalue weighted by Gasteiger charge is -2.13. The number of nitrogens with one attached hydrogen (secondary N) is 1. The van der Waals surface area contributed by atoms with Crippen LogP contribution in [0.3, 0.4) is 0 Å². The number of rotatable bonds is 7. The summed E-state index contributed by atoms with van der Waals surface area (Å²) in [6.07, 6.45) is -1.16. The van der Waals surface area contributed by atoms with Crippen LogP contribution in [0.4, 0.5) is 0 Å². The fourth-order valence-electron chi connectivity index (χ4n) is 1.34. The van der Waals surface area contributed by atoms with Crippen LogP contribution in [0.2, 0.25) is 0 Å². The van der Waals surface area contributed by atoms with Gasteiger partial charge < -0.3 is 19.7 Å². The highest BCUT2D eigenvalue weighted by Gasteiger charge is 2.21. The highest BCUT2D eigenvalue weighted by Crippen LogP contribution is 2.27. The third kappa shape index (κ3) is 4.06. The highest BCUT2D eigenvalue weighted by molar-refractivity contribution is 7.89. The summed E-state index contributed by atoms with van der Waals surface area (Å²) in [6.45, 7) is -0.822. The topological polar surface area (TPSA) is 105 Å². The summed E-state index contributed by atoms with van der Waals surface area (Å²) < 4.78 is 36.2. The lowest BCUT2D eigenvalue weighted by Crippen LogP contribution is -2.34. The molecule has 0 aliphatic heterocycles. The molecule has 1 aromatic carbocycles. The molecular weight excluding hydrogens is 274 g/mol. The van der Waals surface area contributed by atoms with Crippen molar-refractivity contribution >= 4 is 10.0 Å². The largest absolute Gasteiger partial charge is 0.497 e. The zero-order chi connectivity index (χ0) is 14.5. The Morgan fingerprint density at radius 1 is 1.32 bits per heavy atom. The predicted molar refractivity (Wildman–Crippen MR) is 67.8 cm³/mol. The van der Waals surface area contributed by atoms with Crippen LogP contribution in [-0.2, 0) is 10.0 Å². The van der Waals surface area contributed by atoms with Crippen molar-refractivity contribution in [2.45, 2.75) is 11.0 Å². The van der Waals surface area contributed by atoms with Gasteiger partial charge in [-0.2, -0.15) is 0 Å². The van der Waals surface area contributed by atoms with Gasteiger partial charge in [-0.05, 0) is 12.1 Å². The molecule has 0 radical (unpaired) electrons. The first-order chi connectivity index (χ1) is 8.94. The molecule has 19 heavy (non-hydrogen) atoms. The molecule has 0 bridgehead atoms. The number of hydrogen-bond donors (Lipinski definition) is 3. The predicted octanol–water partition coefficient (Wildman–Crippen LogP) is -0.665. The molecular formula is C11H17NO6S. The first kappa shape index (κ1) is 15.7.